The van der Waals surface area contributed by atoms with Gasteiger partial charge in [0.1, 0.15) is 16.4 Å². The van der Waals surface area contributed by atoms with E-state index in [1.165, 1.54) is 14.2 Å². The molecular weight excluding hydrogens is 370 g/mol. The predicted octanol–water partition coefficient (Wildman–Crippen LogP) is 3.58. The number of halogens is 1. The molecule has 7 heteroatoms. The van der Waals surface area contributed by atoms with Gasteiger partial charge in [0.05, 0.1) is 19.9 Å². The third-order valence-electron chi connectivity index (χ3n) is 2.98. The van der Waals surface area contributed by atoms with Crippen molar-refractivity contribution in [3.8, 4) is 11.5 Å². The standard InChI is InChI=1S/C15H16BrNO4S/c1-10-4-5-15(14(16)6-10)22(18,19)17-11-7-12(20-2)9-13(8-11)21-3/h4-9,17H,1-3H3. The quantitative estimate of drug-likeness (QED) is 0.853. The first kappa shape index (κ1) is 16.6. The molecule has 1 N–H and O–H groups in total. The van der Waals surface area contributed by atoms with Crippen molar-refractivity contribution in [1.82, 2.24) is 0 Å². The smallest absolute Gasteiger partial charge is 0.263 e. The lowest BCUT2D eigenvalue weighted by Gasteiger charge is -2.12. The Kier molecular flexibility index (Phi) is 4.97. The zero-order valence-electron chi connectivity index (χ0n) is 12.4. The number of nitrogens with one attached hydrogen (secondary N) is 1. The summed E-state index contributed by atoms with van der Waals surface area (Å²) in [5, 5.41) is 0. The van der Waals surface area contributed by atoms with Crippen molar-refractivity contribution >= 4 is 31.6 Å². The SMILES string of the molecule is COc1cc(NS(=O)(=O)c2ccc(C)cc2Br)cc(OC)c1. The second-order valence-corrected chi connectivity index (χ2v) is 7.15. The molecule has 22 heavy (non-hydrogen) atoms. The molecule has 0 aliphatic carbocycles. The van der Waals surface area contributed by atoms with Crippen LogP contribution in [0.25, 0.3) is 0 Å². The maximum absolute atomic E-state index is 12.5. The number of hydrogen-bond donors (Lipinski definition) is 1. The van der Waals surface area contributed by atoms with E-state index in [9.17, 15) is 8.42 Å². The van der Waals surface area contributed by atoms with Crippen molar-refractivity contribution in [3.05, 3.63) is 46.4 Å². The van der Waals surface area contributed by atoms with E-state index in [2.05, 4.69) is 20.7 Å². The third kappa shape index (κ3) is 3.72. The molecule has 0 amide bonds. The Morgan fingerprint density at radius 3 is 2.09 bits per heavy atom. The largest absolute Gasteiger partial charge is 0.497 e. The number of aryl methyl sites for hydroxylation is 1. The maximum atomic E-state index is 12.5. The Labute approximate surface area is 138 Å². The lowest BCUT2D eigenvalue weighted by Crippen LogP contribution is -2.13. The second-order valence-electron chi connectivity index (χ2n) is 4.64. The van der Waals surface area contributed by atoms with Gasteiger partial charge in [-0.25, -0.2) is 8.42 Å². The number of sulfonamides is 1. The van der Waals surface area contributed by atoms with Crippen LogP contribution in [0, 0.1) is 6.92 Å². The van der Waals surface area contributed by atoms with Gasteiger partial charge >= 0.3 is 0 Å². The number of hydrogen-bond acceptors (Lipinski definition) is 4. The number of ether oxygens (including phenoxy) is 2. The summed E-state index contributed by atoms with van der Waals surface area (Å²) < 4.78 is 38.3. The molecule has 0 aliphatic rings. The fourth-order valence-electron chi connectivity index (χ4n) is 1.90. The molecule has 2 aromatic carbocycles. The Balaban J connectivity index is 2.40. The third-order valence-corrected chi connectivity index (χ3v) is 5.34. The summed E-state index contributed by atoms with van der Waals surface area (Å²) in [7, 11) is -0.712. The highest BCUT2D eigenvalue weighted by Gasteiger charge is 2.18. The van der Waals surface area contributed by atoms with Crippen molar-refractivity contribution in [2.24, 2.45) is 0 Å². The molecule has 0 radical (unpaired) electrons. The first-order chi connectivity index (χ1) is 10.4. The van der Waals surface area contributed by atoms with Crippen molar-refractivity contribution in [2.75, 3.05) is 18.9 Å². The van der Waals surface area contributed by atoms with Crippen LogP contribution in [0.1, 0.15) is 5.56 Å². The van der Waals surface area contributed by atoms with E-state index in [0.717, 1.165) is 5.56 Å². The number of benzene rings is 2. The van der Waals surface area contributed by atoms with Crippen LogP contribution >= 0.6 is 15.9 Å². The summed E-state index contributed by atoms with van der Waals surface area (Å²) in [6.07, 6.45) is 0. The molecule has 0 fully saturated rings. The predicted molar refractivity (Wildman–Crippen MR) is 89.2 cm³/mol. The Morgan fingerprint density at radius 1 is 1.00 bits per heavy atom. The number of anilines is 1. The molecule has 0 heterocycles. The van der Waals surface area contributed by atoms with Crippen LogP contribution in [0.15, 0.2) is 45.8 Å². The molecule has 2 rings (SSSR count). The number of methoxy groups -OCH3 is 2. The molecule has 0 bridgehead atoms. The van der Waals surface area contributed by atoms with Crippen LogP contribution < -0.4 is 14.2 Å². The maximum Gasteiger partial charge on any atom is 0.263 e. The monoisotopic (exact) mass is 385 g/mol. The van der Waals surface area contributed by atoms with Crippen molar-refractivity contribution in [1.29, 1.82) is 0 Å². The summed E-state index contributed by atoms with van der Waals surface area (Å²) >= 11 is 3.28. The molecule has 0 unspecified atom stereocenters. The Bertz CT molecular complexity index is 768. The Hall–Kier alpha value is -1.73. The topological polar surface area (TPSA) is 64.6 Å². The van der Waals surface area contributed by atoms with Gasteiger partial charge in [-0.1, -0.05) is 6.07 Å². The molecule has 2 aromatic rings. The highest BCUT2D eigenvalue weighted by atomic mass is 79.9. The molecular formula is C15H16BrNO4S. The first-order valence-electron chi connectivity index (χ1n) is 6.38. The van der Waals surface area contributed by atoms with Crippen molar-refractivity contribution < 1.29 is 17.9 Å². The van der Waals surface area contributed by atoms with Crippen molar-refractivity contribution in [2.45, 2.75) is 11.8 Å². The summed E-state index contributed by atoms with van der Waals surface area (Å²) in [5.74, 6) is 1.00. The van der Waals surface area contributed by atoms with Crippen LogP contribution in [0.4, 0.5) is 5.69 Å². The lowest BCUT2D eigenvalue weighted by atomic mass is 10.2. The molecule has 0 saturated carbocycles. The zero-order chi connectivity index (χ0) is 16.3. The van der Waals surface area contributed by atoms with E-state index in [4.69, 9.17) is 9.47 Å². The second kappa shape index (κ2) is 6.58. The molecule has 118 valence electrons. The minimum absolute atomic E-state index is 0.167. The normalized spacial score (nSPS) is 11.1. The fraction of sp³-hybridized carbons (Fsp3) is 0.200. The lowest BCUT2D eigenvalue weighted by molar-refractivity contribution is 0.395. The Morgan fingerprint density at radius 2 is 1.59 bits per heavy atom. The van der Waals surface area contributed by atoms with Gasteiger partial charge in [0.2, 0.25) is 0 Å². The summed E-state index contributed by atoms with van der Waals surface area (Å²) in [4.78, 5) is 0.167. The molecule has 5 nitrogen and oxygen atoms in total. The van der Waals surface area contributed by atoms with Crippen LogP contribution in [-0.4, -0.2) is 22.6 Å². The number of rotatable bonds is 5. The van der Waals surface area contributed by atoms with Gasteiger partial charge in [0, 0.05) is 22.7 Å². The summed E-state index contributed by atoms with van der Waals surface area (Å²) in [6.45, 7) is 1.89. The molecule has 0 spiro atoms. The average molecular weight is 386 g/mol. The molecule has 0 saturated heterocycles. The van der Waals surface area contributed by atoms with Crippen LogP contribution in [0.3, 0.4) is 0 Å². The van der Waals surface area contributed by atoms with Gasteiger partial charge in [-0.05, 0) is 40.5 Å². The summed E-state index contributed by atoms with van der Waals surface area (Å²) in [6, 6.07) is 9.88. The fourth-order valence-corrected chi connectivity index (χ4v) is 4.13. The first-order valence-corrected chi connectivity index (χ1v) is 8.65. The minimum Gasteiger partial charge on any atom is -0.497 e. The highest BCUT2D eigenvalue weighted by molar-refractivity contribution is 9.10. The molecule has 0 aromatic heterocycles. The highest BCUT2D eigenvalue weighted by Crippen LogP contribution is 2.29. The van der Waals surface area contributed by atoms with Crippen LogP contribution in [-0.2, 0) is 10.0 Å². The van der Waals surface area contributed by atoms with E-state index in [1.54, 1.807) is 36.4 Å². The van der Waals surface area contributed by atoms with Gasteiger partial charge in [-0.15, -0.1) is 0 Å². The van der Waals surface area contributed by atoms with Crippen LogP contribution in [0.2, 0.25) is 0 Å². The van der Waals surface area contributed by atoms with E-state index in [0.29, 0.717) is 21.7 Å². The van der Waals surface area contributed by atoms with E-state index in [1.807, 2.05) is 6.92 Å². The van der Waals surface area contributed by atoms with Gasteiger partial charge in [-0.2, -0.15) is 0 Å². The molecule has 0 atom stereocenters. The zero-order valence-corrected chi connectivity index (χ0v) is 14.8. The van der Waals surface area contributed by atoms with E-state index < -0.39 is 10.0 Å². The van der Waals surface area contributed by atoms with Gasteiger partial charge in [-0.3, -0.25) is 4.72 Å². The van der Waals surface area contributed by atoms with Gasteiger partial charge < -0.3 is 9.47 Å². The van der Waals surface area contributed by atoms with Gasteiger partial charge in [0.25, 0.3) is 10.0 Å². The van der Waals surface area contributed by atoms with E-state index >= 15 is 0 Å². The van der Waals surface area contributed by atoms with Gasteiger partial charge in [0.15, 0.2) is 0 Å². The summed E-state index contributed by atoms with van der Waals surface area (Å²) in [5.41, 5.74) is 1.33. The van der Waals surface area contributed by atoms with Crippen molar-refractivity contribution in [3.63, 3.8) is 0 Å². The van der Waals surface area contributed by atoms with E-state index in [-0.39, 0.29) is 4.90 Å². The average Bonchev–Trinajstić information content (AvgIpc) is 2.45. The van der Waals surface area contributed by atoms with Crippen LogP contribution in [0.5, 0.6) is 11.5 Å². The minimum atomic E-state index is -3.72. The molecule has 0 aliphatic heterocycles.